The van der Waals surface area contributed by atoms with Crippen LogP contribution in [0.25, 0.3) is 0 Å². The molecule has 0 radical (unpaired) electrons. The molecule has 0 aromatic carbocycles. The van der Waals surface area contributed by atoms with Gasteiger partial charge in [-0.25, -0.2) is 4.74 Å². The Morgan fingerprint density at radius 3 is 2.24 bits per heavy atom. The lowest BCUT2D eigenvalue weighted by Crippen LogP contribution is -2.07. The highest BCUT2D eigenvalue weighted by atomic mass is 16.6. The zero-order valence-corrected chi connectivity index (χ0v) is 12.6. The van der Waals surface area contributed by atoms with Gasteiger partial charge in [0.25, 0.3) is 0 Å². The molecule has 0 N–H and O–H groups in total. The quantitative estimate of drug-likeness (QED) is 0.152. The molecule has 1 rings (SSSR count). The van der Waals surface area contributed by atoms with Crippen LogP contribution in [0.15, 0.2) is 16.5 Å². The number of hydrogen-bond acceptors (Lipinski definition) is 4. The van der Waals surface area contributed by atoms with E-state index in [1.165, 1.54) is 50.5 Å². The Morgan fingerprint density at radius 2 is 1.67 bits per heavy atom. The van der Waals surface area contributed by atoms with Gasteiger partial charge in [0.05, 0.1) is 6.07 Å². The molecule has 118 valence electrons. The molecule has 0 spiro atoms. The van der Waals surface area contributed by atoms with E-state index in [2.05, 4.69) is 6.92 Å². The molecule has 1 heterocycles. The Kier molecular flexibility index (Phi) is 8.16. The van der Waals surface area contributed by atoms with Gasteiger partial charge in [0.2, 0.25) is 6.21 Å². The van der Waals surface area contributed by atoms with Crippen LogP contribution in [0, 0.1) is 15.3 Å². The molecule has 1 aromatic rings. The molecule has 0 saturated carbocycles. The first kappa shape index (κ1) is 17.2. The first-order valence-electron chi connectivity index (χ1n) is 7.66. The second kappa shape index (κ2) is 9.96. The number of hydroxylamine groups is 1. The fraction of sp³-hybridized carbons (Fsp3) is 0.667. The summed E-state index contributed by atoms with van der Waals surface area (Å²) in [7, 11) is 0. The highest BCUT2D eigenvalue weighted by Gasteiger charge is 2.12. The van der Waals surface area contributed by atoms with Gasteiger partial charge in [-0.2, -0.15) is 0 Å². The third-order valence-corrected chi connectivity index (χ3v) is 3.30. The molecule has 0 fully saturated rings. The predicted molar refractivity (Wildman–Crippen MR) is 81.6 cm³/mol. The Balaban J connectivity index is 2.16. The number of nitro groups is 1. The van der Waals surface area contributed by atoms with Crippen molar-refractivity contribution < 1.29 is 14.1 Å². The van der Waals surface area contributed by atoms with Crippen LogP contribution >= 0.6 is 0 Å². The fourth-order valence-electron chi connectivity index (χ4n) is 2.12. The summed E-state index contributed by atoms with van der Waals surface area (Å²) >= 11 is 0. The SMILES string of the molecule is CCCCCCCCCC/[N+]([O-])=C/c1ccc([N+](=O)[O-])o1. The van der Waals surface area contributed by atoms with Crippen LogP contribution in [0.1, 0.15) is 64.1 Å². The van der Waals surface area contributed by atoms with E-state index in [-0.39, 0.29) is 11.6 Å². The van der Waals surface area contributed by atoms with E-state index >= 15 is 0 Å². The highest BCUT2D eigenvalue weighted by molar-refractivity contribution is 5.71. The summed E-state index contributed by atoms with van der Waals surface area (Å²) in [5, 5.41) is 22.0. The predicted octanol–water partition coefficient (Wildman–Crippen LogP) is 4.26. The Bertz CT molecular complexity index is 454. The van der Waals surface area contributed by atoms with Crippen molar-refractivity contribution >= 4 is 12.1 Å². The summed E-state index contributed by atoms with van der Waals surface area (Å²) in [6, 6.07) is 2.67. The van der Waals surface area contributed by atoms with Gasteiger partial charge in [0.1, 0.15) is 4.92 Å². The Hall–Kier alpha value is -1.85. The molecule has 0 atom stereocenters. The molecule has 0 bridgehead atoms. The van der Waals surface area contributed by atoms with Gasteiger partial charge in [0, 0.05) is 6.42 Å². The lowest BCUT2D eigenvalue weighted by atomic mass is 10.1. The molecule has 0 aliphatic rings. The van der Waals surface area contributed by atoms with Crippen LogP contribution in [0.3, 0.4) is 0 Å². The summed E-state index contributed by atoms with van der Waals surface area (Å²) in [5.74, 6) is -0.127. The topological polar surface area (TPSA) is 82.3 Å². The van der Waals surface area contributed by atoms with Gasteiger partial charge in [-0.3, -0.25) is 10.1 Å². The van der Waals surface area contributed by atoms with Crippen LogP contribution in [0.5, 0.6) is 0 Å². The zero-order chi connectivity index (χ0) is 15.5. The van der Waals surface area contributed by atoms with Crippen LogP contribution < -0.4 is 0 Å². The first-order valence-corrected chi connectivity index (χ1v) is 7.66. The maximum Gasteiger partial charge on any atom is 0.433 e. The molecule has 1 aromatic heterocycles. The van der Waals surface area contributed by atoms with E-state index in [0.29, 0.717) is 6.54 Å². The minimum Gasteiger partial charge on any atom is -0.624 e. The molecule has 0 unspecified atom stereocenters. The Labute approximate surface area is 125 Å². The summed E-state index contributed by atoms with van der Waals surface area (Å²) in [6.45, 7) is 2.59. The lowest BCUT2D eigenvalue weighted by molar-refractivity contribution is -0.453. The van der Waals surface area contributed by atoms with Crippen LogP contribution in [-0.2, 0) is 0 Å². The van der Waals surface area contributed by atoms with E-state index in [1.807, 2.05) is 0 Å². The number of nitrogens with zero attached hydrogens (tertiary/aromatic N) is 2. The van der Waals surface area contributed by atoms with E-state index in [1.54, 1.807) is 0 Å². The van der Waals surface area contributed by atoms with Gasteiger partial charge in [-0.15, -0.1) is 0 Å². The molecular formula is C15H24N2O4. The van der Waals surface area contributed by atoms with Crippen LogP contribution in [0.4, 0.5) is 5.88 Å². The van der Waals surface area contributed by atoms with Crippen molar-refractivity contribution in [3.05, 3.63) is 33.2 Å². The molecule has 6 nitrogen and oxygen atoms in total. The van der Waals surface area contributed by atoms with Gasteiger partial charge < -0.3 is 9.62 Å². The number of unbranched alkanes of at least 4 members (excludes halogenated alkanes) is 7. The molecule has 0 aliphatic heterocycles. The summed E-state index contributed by atoms with van der Waals surface area (Å²) in [5.41, 5.74) is 0. The maximum absolute atomic E-state index is 11.6. The summed E-state index contributed by atoms with van der Waals surface area (Å²) < 4.78 is 5.68. The Morgan fingerprint density at radius 1 is 1.05 bits per heavy atom. The highest BCUT2D eigenvalue weighted by Crippen LogP contribution is 2.14. The van der Waals surface area contributed by atoms with Crippen LogP contribution in [0.2, 0.25) is 0 Å². The van der Waals surface area contributed by atoms with Gasteiger partial charge in [0.15, 0.2) is 12.3 Å². The van der Waals surface area contributed by atoms with Gasteiger partial charge >= 0.3 is 5.88 Å². The number of rotatable bonds is 11. The molecule has 0 saturated heterocycles. The van der Waals surface area contributed by atoms with Crippen molar-refractivity contribution in [2.75, 3.05) is 6.54 Å². The van der Waals surface area contributed by atoms with Gasteiger partial charge in [-0.05, 0) is 12.5 Å². The van der Waals surface area contributed by atoms with Crippen molar-refractivity contribution in [2.45, 2.75) is 58.3 Å². The second-order valence-corrected chi connectivity index (χ2v) is 5.18. The van der Waals surface area contributed by atoms with Crippen molar-refractivity contribution in [3.63, 3.8) is 0 Å². The monoisotopic (exact) mass is 296 g/mol. The summed E-state index contributed by atoms with van der Waals surface area (Å²) in [4.78, 5) is 9.82. The molecule has 6 heteroatoms. The number of hydrogen-bond donors (Lipinski definition) is 0. The summed E-state index contributed by atoms with van der Waals surface area (Å²) in [6.07, 6.45) is 10.6. The number of furan rings is 1. The largest absolute Gasteiger partial charge is 0.624 e. The normalized spacial score (nSPS) is 11.8. The minimum absolute atomic E-state index is 0.219. The van der Waals surface area contributed by atoms with E-state index < -0.39 is 4.92 Å². The van der Waals surface area contributed by atoms with Gasteiger partial charge in [-0.1, -0.05) is 45.4 Å². The van der Waals surface area contributed by atoms with E-state index in [4.69, 9.17) is 4.42 Å². The lowest BCUT2D eigenvalue weighted by Gasteiger charge is -2.03. The molecule has 0 aliphatic carbocycles. The van der Waals surface area contributed by atoms with Crippen molar-refractivity contribution in [1.82, 2.24) is 0 Å². The van der Waals surface area contributed by atoms with Crippen molar-refractivity contribution in [1.29, 1.82) is 0 Å². The van der Waals surface area contributed by atoms with E-state index in [9.17, 15) is 15.3 Å². The average Bonchev–Trinajstić information content (AvgIpc) is 2.90. The van der Waals surface area contributed by atoms with E-state index in [0.717, 1.165) is 24.0 Å². The standard InChI is InChI=1S/C15H24N2O4/c1-2-3-4-5-6-7-8-9-12-16(18)13-14-10-11-15(21-14)17(19)20/h10-11,13H,2-9,12H2,1H3/b16-13-. The van der Waals surface area contributed by atoms with Crippen molar-refractivity contribution in [2.24, 2.45) is 0 Å². The van der Waals surface area contributed by atoms with Crippen LogP contribution in [-0.4, -0.2) is 22.4 Å². The molecule has 21 heavy (non-hydrogen) atoms. The maximum atomic E-state index is 11.6. The smallest absolute Gasteiger partial charge is 0.433 e. The molecule has 0 amide bonds. The fourth-order valence-corrected chi connectivity index (χ4v) is 2.12. The zero-order valence-electron chi connectivity index (χ0n) is 12.6. The average molecular weight is 296 g/mol. The third-order valence-electron chi connectivity index (χ3n) is 3.30. The minimum atomic E-state index is -0.620. The second-order valence-electron chi connectivity index (χ2n) is 5.18. The first-order chi connectivity index (χ1) is 10.1. The third kappa shape index (κ3) is 7.48. The molecular weight excluding hydrogens is 272 g/mol. The van der Waals surface area contributed by atoms with Crippen molar-refractivity contribution in [3.8, 4) is 0 Å².